The van der Waals surface area contributed by atoms with Crippen molar-refractivity contribution < 1.29 is 4.79 Å². The van der Waals surface area contributed by atoms with E-state index in [4.69, 9.17) is 0 Å². The Hall–Kier alpha value is -2.88. The highest BCUT2D eigenvalue weighted by Gasteiger charge is 2.25. The first kappa shape index (κ1) is 14.7. The van der Waals surface area contributed by atoms with Gasteiger partial charge in [0.15, 0.2) is 0 Å². The number of amides is 1. The lowest BCUT2D eigenvalue weighted by atomic mass is 10.1. The summed E-state index contributed by atoms with van der Waals surface area (Å²) in [4.78, 5) is 27.3. The third kappa shape index (κ3) is 2.07. The van der Waals surface area contributed by atoms with E-state index in [0.29, 0.717) is 5.39 Å². The number of hydrogen-bond acceptors (Lipinski definition) is 2. The Morgan fingerprint density at radius 1 is 1.12 bits per heavy atom. The summed E-state index contributed by atoms with van der Waals surface area (Å²) in [5.74, 6) is -0.277. The van der Waals surface area contributed by atoms with Crippen molar-refractivity contribution in [1.29, 1.82) is 0 Å². The zero-order chi connectivity index (χ0) is 16.8. The minimum absolute atomic E-state index is 0.190. The Kier molecular flexibility index (Phi) is 3.27. The van der Waals surface area contributed by atoms with E-state index >= 15 is 0 Å². The van der Waals surface area contributed by atoms with Gasteiger partial charge in [0, 0.05) is 30.4 Å². The number of aromatic nitrogens is 1. The van der Waals surface area contributed by atoms with Crippen LogP contribution in [0, 0.1) is 0 Å². The number of carbonyl (C=O) groups is 1. The summed E-state index contributed by atoms with van der Waals surface area (Å²) in [7, 11) is 1.70. The largest absolute Gasteiger partial charge is 0.343 e. The Balaban J connectivity index is 1.89. The van der Waals surface area contributed by atoms with Gasteiger partial charge >= 0.3 is 0 Å². The molecule has 2 aromatic carbocycles. The predicted molar refractivity (Wildman–Crippen MR) is 95.8 cm³/mol. The predicted octanol–water partition coefficient (Wildman–Crippen LogP) is 3.40. The number of carbonyl (C=O) groups excluding carboxylic acids is 1. The lowest BCUT2D eigenvalue weighted by molar-refractivity contribution is 0.0991. The lowest BCUT2D eigenvalue weighted by Crippen LogP contribution is -2.31. The highest BCUT2D eigenvalue weighted by molar-refractivity contribution is 6.07. The van der Waals surface area contributed by atoms with Crippen LogP contribution in [0.3, 0.4) is 0 Å². The van der Waals surface area contributed by atoms with Gasteiger partial charge in [0.1, 0.15) is 5.56 Å². The minimum Gasteiger partial charge on any atom is -0.343 e. The number of pyridine rings is 1. The SMILES string of the molecule is C[C@H]1Cc2cccc3c(=O)c(C(=O)N(C)c4ccccc4)cn1c23. The molecule has 4 heteroatoms. The van der Waals surface area contributed by atoms with Crippen LogP contribution in [0.4, 0.5) is 5.69 Å². The lowest BCUT2D eigenvalue weighted by Gasteiger charge is -2.18. The fourth-order valence-corrected chi connectivity index (χ4v) is 3.52. The van der Waals surface area contributed by atoms with E-state index < -0.39 is 0 Å². The Morgan fingerprint density at radius 2 is 1.88 bits per heavy atom. The van der Waals surface area contributed by atoms with Crippen molar-refractivity contribution in [2.45, 2.75) is 19.4 Å². The Morgan fingerprint density at radius 3 is 2.62 bits per heavy atom. The fraction of sp³-hybridized carbons (Fsp3) is 0.200. The van der Waals surface area contributed by atoms with Crippen molar-refractivity contribution in [2.75, 3.05) is 11.9 Å². The third-order valence-electron chi connectivity index (χ3n) is 4.80. The van der Waals surface area contributed by atoms with E-state index in [2.05, 4.69) is 17.6 Å². The van der Waals surface area contributed by atoms with Crippen LogP contribution < -0.4 is 10.3 Å². The number of nitrogens with zero attached hydrogens (tertiary/aromatic N) is 2. The smallest absolute Gasteiger partial charge is 0.263 e. The molecule has 4 nitrogen and oxygen atoms in total. The summed E-state index contributed by atoms with van der Waals surface area (Å²) < 4.78 is 2.07. The van der Waals surface area contributed by atoms with Crippen LogP contribution in [-0.2, 0) is 6.42 Å². The standard InChI is InChI=1S/C20H18N2O2/c1-13-11-14-7-6-10-16-18(14)22(13)12-17(19(16)23)20(24)21(2)15-8-4-3-5-9-15/h3-10,12-13H,11H2,1-2H3/t13-/m0/s1. The molecule has 2 heterocycles. The first-order valence-electron chi connectivity index (χ1n) is 8.08. The van der Waals surface area contributed by atoms with Crippen LogP contribution in [0.5, 0.6) is 0 Å². The number of benzene rings is 2. The second kappa shape index (κ2) is 5.34. The molecule has 1 aliphatic rings. The number of anilines is 1. The van der Waals surface area contributed by atoms with Gasteiger partial charge in [0.2, 0.25) is 5.43 Å². The van der Waals surface area contributed by atoms with Crippen LogP contribution in [0.15, 0.2) is 59.5 Å². The number of para-hydroxylation sites is 2. The maximum absolute atomic E-state index is 12.9. The molecule has 1 amide bonds. The second-order valence-electron chi connectivity index (χ2n) is 6.35. The molecule has 1 aliphatic heterocycles. The van der Waals surface area contributed by atoms with Crippen molar-refractivity contribution in [3.63, 3.8) is 0 Å². The summed E-state index contributed by atoms with van der Waals surface area (Å²) in [5.41, 5.74) is 2.94. The maximum atomic E-state index is 12.9. The number of hydrogen-bond donors (Lipinski definition) is 0. The molecule has 1 aromatic heterocycles. The molecule has 0 unspecified atom stereocenters. The van der Waals surface area contributed by atoms with Gasteiger partial charge in [-0.1, -0.05) is 30.3 Å². The normalized spacial score (nSPS) is 15.7. The van der Waals surface area contributed by atoms with Crippen molar-refractivity contribution >= 4 is 22.5 Å². The summed E-state index contributed by atoms with van der Waals surface area (Å²) in [5, 5.41) is 0.629. The van der Waals surface area contributed by atoms with Gasteiger partial charge in [-0.3, -0.25) is 9.59 Å². The monoisotopic (exact) mass is 318 g/mol. The van der Waals surface area contributed by atoms with Crippen LogP contribution >= 0.6 is 0 Å². The third-order valence-corrected chi connectivity index (χ3v) is 4.80. The first-order valence-corrected chi connectivity index (χ1v) is 8.08. The van der Waals surface area contributed by atoms with E-state index in [0.717, 1.165) is 17.6 Å². The van der Waals surface area contributed by atoms with Crippen molar-refractivity contribution in [3.05, 3.63) is 76.1 Å². The second-order valence-corrected chi connectivity index (χ2v) is 6.35. The molecular formula is C20H18N2O2. The molecule has 24 heavy (non-hydrogen) atoms. The molecule has 0 saturated carbocycles. The molecule has 0 radical (unpaired) electrons. The quantitative estimate of drug-likeness (QED) is 0.727. The van der Waals surface area contributed by atoms with E-state index in [1.807, 2.05) is 42.5 Å². The Bertz CT molecular complexity index is 1010. The van der Waals surface area contributed by atoms with Gasteiger partial charge in [-0.15, -0.1) is 0 Å². The van der Waals surface area contributed by atoms with Gasteiger partial charge in [0.05, 0.1) is 5.52 Å². The molecule has 120 valence electrons. The molecule has 0 N–H and O–H groups in total. The van der Waals surface area contributed by atoms with Gasteiger partial charge in [-0.05, 0) is 37.1 Å². The van der Waals surface area contributed by atoms with Gasteiger partial charge in [-0.2, -0.15) is 0 Å². The van der Waals surface area contributed by atoms with Crippen molar-refractivity contribution in [1.82, 2.24) is 4.57 Å². The molecule has 0 spiro atoms. The molecule has 3 aromatic rings. The number of rotatable bonds is 2. The molecule has 4 rings (SSSR count). The summed E-state index contributed by atoms with van der Waals surface area (Å²) in [6.07, 6.45) is 2.62. The maximum Gasteiger partial charge on any atom is 0.263 e. The van der Waals surface area contributed by atoms with Gasteiger partial charge < -0.3 is 9.47 Å². The summed E-state index contributed by atoms with van der Waals surface area (Å²) in [6.45, 7) is 2.11. The zero-order valence-electron chi connectivity index (χ0n) is 13.7. The minimum atomic E-state index is -0.277. The van der Waals surface area contributed by atoms with E-state index in [1.54, 1.807) is 13.2 Å². The molecule has 0 saturated heterocycles. The van der Waals surface area contributed by atoms with Crippen LogP contribution in [0.1, 0.15) is 28.9 Å². The highest BCUT2D eigenvalue weighted by atomic mass is 16.2. The van der Waals surface area contributed by atoms with Crippen molar-refractivity contribution in [2.24, 2.45) is 0 Å². The summed E-state index contributed by atoms with van der Waals surface area (Å²) in [6, 6.07) is 15.4. The van der Waals surface area contributed by atoms with Gasteiger partial charge in [0.25, 0.3) is 5.91 Å². The molecule has 0 bridgehead atoms. The molecule has 0 fully saturated rings. The van der Waals surface area contributed by atoms with E-state index in [9.17, 15) is 9.59 Å². The highest BCUT2D eigenvalue weighted by Crippen LogP contribution is 2.31. The topological polar surface area (TPSA) is 42.3 Å². The van der Waals surface area contributed by atoms with Crippen LogP contribution in [0.25, 0.3) is 10.9 Å². The molecule has 1 atom stereocenters. The molecule has 0 aliphatic carbocycles. The zero-order valence-corrected chi connectivity index (χ0v) is 13.7. The average Bonchev–Trinajstić information content (AvgIpc) is 2.94. The Labute approximate surface area is 140 Å². The average molecular weight is 318 g/mol. The van der Waals surface area contributed by atoms with E-state index in [-0.39, 0.29) is 22.9 Å². The first-order chi connectivity index (χ1) is 11.6. The molecular weight excluding hydrogens is 300 g/mol. The summed E-state index contributed by atoms with van der Waals surface area (Å²) >= 11 is 0. The van der Waals surface area contributed by atoms with Gasteiger partial charge in [-0.25, -0.2) is 0 Å². The fourth-order valence-electron chi connectivity index (χ4n) is 3.52. The van der Waals surface area contributed by atoms with Crippen LogP contribution in [-0.4, -0.2) is 17.5 Å². The van der Waals surface area contributed by atoms with Crippen LogP contribution in [0.2, 0.25) is 0 Å². The van der Waals surface area contributed by atoms with E-state index in [1.165, 1.54) is 10.5 Å². The van der Waals surface area contributed by atoms with Crippen molar-refractivity contribution in [3.8, 4) is 0 Å².